The SMILES string of the molecule is C=Cc1ccc(O[Si](c2ccccc2)(c2ccccc2)C(C)(C)C)c(Cl)c1. The molecule has 0 aliphatic carbocycles. The van der Waals surface area contributed by atoms with Crippen molar-refractivity contribution < 1.29 is 4.43 Å². The summed E-state index contributed by atoms with van der Waals surface area (Å²) in [6.07, 6.45) is 1.79. The Hall–Kier alpha value is -2.29. The lowest BCUT2D eigenvalue weighted by Crippen LogP contribution is -2.68. The van der Waals surface area contributed by atoms with E-state index in [-0.39, 0.29) is 5.04 Å². The third-order valence-electron chi connectivity index (χ3n) is 4.87. The van der Waals surface area contributed by atoms with Crippen LogP contribution in [0.15, 0.2) is 85.4 Å². The second-order valence-corrected chi connectivity index (χ2v) is 12.3. The fraction of sp³-hybridized carbons (Fsp3) is 0.167. The lowest BCUT2D eigenvalue weighted by atomic mass is 10.2. The highest BCUT2D eigenvalue weighted by molar-refractivity contribution is 7.00. The van der Waals surface area contributed by atoms with Crippen molar-refractivity contribution in [2.45, 2.75) is 25.8 Å². The van der Waals surface area contributed by atoms with Crippen LogP contribution in [0.1, 0.15) is 26.3 Å². The first-order chi connectivity index (χ1) is 12.9. The van der Waals surface area contributed by atoms with Gasteiger partial charge < -0.3 is 4.43 Å². The van der Waals surface area contributed by atoms with Gasteiger partial charge in [0, 0.05) is 0 Å². The molecule has 27 heavy (non-hydrogen) atoms. The van der Waals surface area contributed by atoms with Gasteiger partial charge in [0.2, 0.25) is 0 Å². The van der Waals surface area contributed by atoms with Gasteiger partial charge in [-0.25, -0.2) is 0 Å². The predicted octanol–water partition coefficient (Wildman–Crippen LogP) is 5.92. The number of benzene rings is 3. The standard InChI is InChI=1S/C24H25ClOSi/c1-5-19-16-17-23(22(25)18-19)26-27(24(2,3)4,20-12-8-6-9-13-20)21-14-10-7-11-15-21/h5-18H,1H2,2-4H3. The molecule has 0 aliphatic heterocycles. The van der Waals surface area contributed by atoms with E-state index in [1.807, 2.05) is 30.3 Å². The van der Waals surface area contributed by atoms with Crippen LogP contribution < -0.4 is 14.8 Å². The van der Waals surface area contributed by atoms with Crippen LogP contribution >= 0.6 is 11.6 Å². The van der Waals surface area contributed by atoms with E-state index < -0.39 is 8.32 Å². The molecule has 0 spiro atoms. The van der Waals surface area contributed by atoms with Gasteiger partial charge in [-0.1, -0.05) is 112 Å². The zero-order valence-electron chi connectivity index (χ0n) is 16.1. The molecule has 1 nitrogen and oxygen atoms in total. The number of rotatable bonds is 5. The second-order valence-electron chi connectivity index (χ2n) is 7.66. The Morgan fingerprint density at radius 1 is 0.852 bits per heavy atom. The monoisotopic (exact) mass is 392 g/mol. The van der Waals surface area contributed by atoms with Crippen molar-refractivity contribution in [2.24, 2.45) is 0 Å². The highest BCUT2D eigenvalue weighted by Crippen LogP contribution is 2.39. The Balaban J connectivity index is 2.25. The molecule has 0 aliphatic rings. The Labute approximate surface area is 168 Å². The molecule has 0 amide bonds. The van der Waals surface area contributed by atoms with Gasteiger partial charge in [0.05, 0.1) is 5.02 Å². The predicted molar refractivity (Wildman–Crippen MR) is 120 cm³/mol. The fourth-order valence-electron chi connectivity index (χ4n) is 3.54. The van der Waals surface area contributed by atoms with Gasteiger partial charge in [-0.2, -0.15) is 0 Å². The van der Waals surface area contributed by atoms with E-state index in [0.717, 1.165) is 11.3 Å². The van der Waals surface area contributed by atoms with Crippen LogP contribution in [0.4, 0.5) is 0 Å². The van der Waals surface area contributed by atoms with Crippen LogP contribution in [0.3, 0.4) is 0 Å². The Bertz CT molecular complexity index is 875. The van der Waals surface area contributed by atoms with E-state index in [2.05, 4.69) is 75.9 Å². The summed E-state index contributed by atoms with van der Waals surface area (Å²) in [6.45, 7) is 10.6. The maximum atomic E-state index is 6.94. The van der Waals surface area contributed by atoms with Crippen LogP contribution in [-0.2, 0) is 0 Å². The molecule has 0 heterocycles. The van der Waals surface area contributed by atoms with E-state index in [0.29, 0.717) is 5.02 Å². The van der Waals surface area contributed by atoms with Crippen molar-refractivity contribution in [1.82, 2.24) is 0 Å². The molecule has 0 radical (unpaired) electrons. The van der Waals surface area contributed by atoms with E-state index in [1.54, 1.807) is 6.08 Å². The van der Waals surface area contributed by atoms with Crippen LogP contribution in [0.25, 0.3) is 6.08 Å². The van der Waals surface area contributed by atoms with Crippen LogP contribution in [-0.4, -0.2) is 8.32 Å². The average molecular weight is 393 g/mol. The Morgan fingerprint density at radius 3 is 1.78 bits per heavy atom. The number of halogens is 1. The molecule has 0 bridgehead atoms. The summed E-state index contributed by atoms with van der Waals surface area (Å²) in [7, 11) is -2.66. The lowest BCUT2D eigenvalue weighted by Gasteiger charge is -2.43. The van der Waals surface area contributed by atoms with Crippen molar-refractivity contribution in [3.8, 4) is 5.75 Å². The largest absolute Gasteiger partial charge is 0.533 e. The minimum absolute atomic E-state index is 0.101. The summed E-state index contributed by atoms with van der Waals surface area (Å²) in [5, 5.41) is 2.97. The minimum Gasteiger partial charge on any atom is -0.533 e. The summed E-state index contributed by atoms with van der Waals surface area (Å²) < 4.78 is 6.94. The minimum atomic E-state index is -2.66. The van der Waals surface area contributed by atoms with Gasteiger partial charge >= 0.3 is 8.32 Å². The highest BCUT2D eigenvalue weighted by Gasteiger charge is 2.52. The van der Waals surface area contributed by atoms with E-state index in [4.69, 9.17) is 16.0 Å². The quantitative estimate of drug-likeness (QED) is 0.489. The van der Waals surface area contributed by atoms with E-state index in [9.17, 15) is 0 Å². The molecule has 0 saturated heterocycles. The molecule has 0 aromatic heterocycles. The lowest BCUT2D eigenvalue weighted by molar-refractivity contribution is 0.508. The van der Waals surface area contributed by atoms with Gasteiger partial charge in [-0.05, 0) is 33.1 Å². The maximum Gasteiger partial charge on any atom is 0.320 e. The molecular weight excluding hydrogens is 368 g/mol. The van der Waals surface area contributed by atoms with Crippen molar-refractivity contribution in [1.29, 1.82) is 0 Å². The van der Waals surface area contributed by atoms with Gasteiger partial charge in [-0.15, -0.1) is 0 Å². The van der Waals surface area contributed by atoms with E-state index >= 15 is 0 Å². The molecule has 0 fully saturated rings. The van der Waals surface area contributed by atoms with Crippen molar-refractivity contribution in [3.63, 3.8) is 0 Å². The summed E-state index contributed by atoms with van der Waals surface area (Å²) in [5.41, 5.74) is 0.981. The molecule has 3 heteroatoms. The Kier molecular flexibility index (Phi) is 5.59. The normalized spacial score (nSPS) is 11.9. The first-order valence-electron chi connectivity index (χ1n) is 9.10. The zero-order valence-corrected chi connectivity index (χ0v) is 17.8. The summed E-state index contributed by atoms with van der Waals surface area (Å²) >= 11 is 6.59. The molecule has 3 aromatic carbocycles. The molecule has 0 atom stereocenters. The van der Waals surface area contributed by atoms with Crippen LogP contribution in [0.2, 0.25) is 10.1 Å². The van der Waals surface area contributed by atoms with Crippen molar-refractivity contribution in [3.05, 3.63) is 96.0 Å². The second kappa shape index (κ2) is 7.75. The maximum absolute atomic E-state index is 6.94. The number of hydrogen-bond acceptors (Lipinski definition) is 1. The van der Waals surface area contributed by atoms with Gasteiger partial charge in [0.15, 0.2) is 0 Å². The third kappa shape index (κ3) is 3.73. The van der Waals surface area contributed by atoms with E-state index in [1.165, 1.54) is 10.4 Å². The molecule has 0 saturated carbocycles. The van der Waals surface area contributed by atoms with Gasteiger partial charge in [0.1, 0.15) is 5.75 Å². The highest BCUT2D eigenvalue weighted by atomic mass is 35.5. The first kappa shape index (κ1) is 19.5. The first-order valence-corrected chi connectivity index (χ1v) is 11.4. The van der Waals surface area contributed by atoms with Gasteiger partial charge in [-0.3, -0.25) is 0 Å². The average Bonchev–Trinajstić information content (AvgIpc) is 2.67. The molecule has 3 aromatic rings. The summed E-state index contributed by atoms with van der Waals surface area (Å²) in [4.78, 5) is 0. The molecule has 138 valence electrons. The van der Waals surface area contributed by atoms with Crippen LogP contribution in [0, 0.1) is 0 Å². The molecule has 3 rings (SSSR count). The molecule has 0 unspecified atom stereocenters. The third-order valence-corrected chi connectivity index (χ3v) is 10.1. The Morgan fingerprint density at radius 2 is 1.37 bits per heavy atom. The van der Waals surface area contributed by atoms with Crippen molar-refractivity contribution in [2.75, 3.05) is 0 Å². The van der Waals surface area contributed by atoms with Gasteiger partial charge in [0.25, 0.3) is 0 Å². The van der Waals surface area contributed by atoms with Crippen LogP contribution in [0.5, 0.6) is 5.75 Å². The van der Waals surface area contributed by atoms with Crippen molar-refractivity contribution >= 4 is 36.4 Å². The fourth-order valence-corrected chi connectivity index (χ4v) is 8.27. The molecule has 0 N–H and O–H groups in total. The summed E-state index contributed by atoms with van der Waals surface area (Å²) in [6, 6.07) is 27.0. The number of hydrogen-bond donors (Lipinski definition) is 0. The molecular formula is C24H25ClOSi. The summed E-state index contributed by atoms with van der Waals surface area (Å²) in [5.74, 6) is 0.719. The topological polar surface area (TPSA) is 9.23 Å². The zero-order chi connectivity index (χ0) is 19.5. The smallest absolute Gasteiger partial charge is 0.320 e.